The lowest BCUT2D eigenvalue weighted by Crippen LogP contribution is -2.47. The standard InChI is InChI=1S/C15H20FN3O3/c16-12-3-1-2-11(8-12)9-13-10-19(6-7-22-13)14(20)4-5-18-15(17)21/h1-3,8,13H,4-7,9-10H2,(H3,17,18,21). The van der Waals surface area contributed by atoms with Gasteiger partial charge in [-0.05, 0) is 17.7 Å². The molecule has 0 radical (unpaired) electrons. The number of nitrogens with one attached hydrogen (secondary N) is 1. The number of morpholine rings is 1. The van der Waals surface area contributed by atoms with E-state index in [1.54, 1.807) is 11.0 Å². The maximum absolute atomic E-state index is 13.2. The highest BCUT2D eigenvalue weighted by Gasteiger charge is 2.24. The number of primary amides is 1. The molecule has 6 nitrogen and oxygen atoms in total. The fourth-order valence-electron chi connectivity index (χ4n) is 2.45. The van der Waals surface area contributed by atoms with E-state index in [4.69, 9.17) is 10.5 Å². The lowest BCUT2D eigenvalue weighted by Gasteiger charge is -2.33. The highest BCUT2D eigenvalue weighted by molar-refractivity contribution is 5.77. The van der Waals surface area contributed by atoms with Crippen molar-refractivity contribution < 1.29 is 18.7 Å². The van der Waals surface area contributed by atoms with Crippen LogP contribution in [-0.2, 0) is 16.0 Å². The van der Waals surface area contributed by atoms with Gasteiger partial charge in [0.05, 0.1) is 12.7 Å². The van der Waals surface area contributed by atoms with Crippen molar-refractivity contribution in [2.45, 2.75) is 18.9 Å². The van der Waals surface area contributed by atoms with E-state index < -0.39 is 6.03 Å². The summed E-state index contributed by atoms with van der Waals surface area (Å²) in [5, 5.41) is 2.39. The summed E-state index contributed by atoms with van der Waals surface area (Å²) < 4.78 is 18.8. The zero-order chi connectivity index (χ0) is 15.9. The molecule has 1 saturated heterocycles. The summed E-state index contributed by atoms with van der Waals surface area (Å²) >= 11 is 0. The molecule has 0 spiro atoms. The average Bonchev–Trinajstić information content (AvgIpc) is 2.47. The first-order chi connectivity index (χ1) is 10.5. The molecule has 1 aliphatic rings. The molecular weight excluding hydrogens is 289 g/mol. The number of hydrogen-bond donors (Lipinski definition) is 2. The van der Waals surface area contributed by atoms with Crippen LogP contribution in [0.25, 0.3) is 0 Å². The van der Waals surface area contributed by atoms with Gasteiger partial charge in [0.1, 0.15) is 5.82 Å². The summed E-state index contributed by atoms with van der Waals surface area (Å²) in [6, 6.07) is 5.72. The first-order valence-electron chi connectivity index (χ1n) is 7.21. The molecule has 22 heavy (non-hydrogen) atoms. The lowest BCUT2D eigenvalue weighted by atomic mass is 10.1. The summed E-state index contributed by atoms with van der Waals surface area (Å²) in [6.07, 6.45) is 0.611. The summed E-state index contributed by atoms with van der Waals surface area (Å²) in [7, 11) is 0. The number of urea groups is 1. The number of nitrogens with zero attached hydrogens (tertiary/aromatic N) is 1. The Kier molecular flexibility index (Phi) is 5.71. The molecule has 1 aliphatic heterocycles. The first kappa shape index (κ1) is 16.2. The molecule has 1 unspecified atom stereocenters. The number of halogens is 1. The third-order valence-electron chi connectivity index (χ3n) is 3.48. The third kappa shape index (κ3) is 5.00. The zero-order valence-corrected chi connectivity index (χ0v) is 12.3. The second kappa shape index (κ2) is 7.74. The van der Waals surface area contributed by atoms with Crippen LogP contribution in [0.3, 0.4) is 0 Å². The molecule has 1 fully saturated rings. The minimum absolute atomic E-state index is 0.0544. The van der Waals surface area contributed by atoms with Crippen LogP contribution in [0.2, 0.25) is 0 Å². The van der Waals surface area contributed by atoms with E-state index in [1.807, 2.05) is 6.07 Å². The highest BCUT2D eigenvalue weighted by Crippen LogP contribution is 2.13. The van der Waals surface area contributed by atoms with Crippen LogP contribution in [-0.4, -0.2) is 49.2 Å². The van der Waals surface area contributed by atoms with Crippen LogP contribution in [0.15, 0.2) is 24.3 Å². The van der Waals surface area contributed by atoms with Gasteiger partial charge in [0.2, 0.25) is 5.91 Å². The molecule has 2 rings (SSSR count). The zero-order valence-electron chi connectivity index (χ0n) is 12.3. The van der Waals surface area contributed by atoms with Gasteiger partial charge in [0, 0.05) is 32.5 Å². The van der Waals surface area contributed by atoms with Crippen molar-refractivity contribution in [1.29, 1.82) is 0 Å². The van der Waals surface area contributed by atoms with Gasteiger partial charge in [-0.3, -0.25) is 4.79 Å². The van der Waals surface area contributed by atoms with E-state index in [0.29, 0.717) is 26.1 Å². The van der Waals surface area contributed by atoms with Crippen LogP contribution in [0.4, 0.5) is 9.18 Å². The molecular formula is C15H20FN3O3. The largest absolute Gasteiger partial charge is 0.374 e. The molecule has 0 aromatic heterocycles. The molecule has 3 N–H and O–H groups in total. The third-order valence-corrected chi connectivity index (χ3v) is 3.48. The number of nitrogens with two attached hydrogens (primary N) is 1. The average molecular weight is 309 g/mol. The van der Waals surface area contributed by atoms with Crippen LogP contribution in [0, 0.1) is 5.82 Å². The Balaban J connectivity index is 1.83. The van der Waals surface area contributed by atoms with Crippen molar-refractivity contribution in [3.05, 3.63) is 35.6 Å². The SMILES string of the molecule is NC(=O)NCCC(=O)N1CCOC(Cc2cccc(F)c2)C1. The van der Waals surface area contributed by atoms with Gasteiger partial charge in [0.25, 0.3) is 0 Å². The fraction of sp³-hybridized carbons (Fsp3) is 0.467. The molecule has 1 aromatic rings. The molecule has 0 aliphatic carbocycles. The first-order valence-corrected chi connectivity index (χ1v) is 7.21. The van der Waals surface area contributed by atoms with Gasteiger partial charge in [-0.25, -0.2) is 9.18 Å². The van der Waals surface area contributed by atoms with Crippen molar-refractivity contribution >= 4 is 11.9 Å². The maximum atomic E-state index is 13.2. The molecule has 1 atom stereocenters. The van der Waals surface area contributed by atoms with Crippen molar-refractivity contribution in [3.63, 3.8) is 0 Å². The second-order valence-corrected chi connectivity index (χ2v) is 5.21. The fourth-order valence-corrected chi connectivity index (χ4v) is 2.45. The van der Waals surface area contributed by atoms with Crippen LogP contribution in [0.5, 0.6) is 0 Å². The summed E-state index contributed by atoms with van der Waals surface area (Å²) in [4.78, 5) is 24.3. The molecule has 1 heterocycles. The Morgan fingerprint density at radius 3 is 3.00 bits per heavy atom. The van der Waals surface area contributed by atoms with E-state index in [9.17, 15) is 14.0 Å². The second-order valence-electron chi connectivity index (χ2n) is 5.21. The van der Waals surface area contributed by atoms with Gasteiger partial charge < -0.3 is 20.7 Å². The van der Waals surface area contributed by atoms with E-state index in [1.165, 1.54) is 12.1 Å². The Labute approximate surface area is 128 Å². The quantitative estimate of drug-likeness (QED) is 0.837. The Morgan fingerprint density at radius 1 is 1.45 bits per heavy atom. The molecule has 0 bridgehead atoms. The number of carbonyl (C=O) groups is 2. The minimum Gasteiger partial charge on any atom is -0.374 e. The highest BCUT2D eigenvalue weighted by atomic mass is 19.1. The maximum Gasteiger partial charge on any atom is 0.312 e. The number of carbonyl (C=O) groups excluding carboxylic acids is 2. The topological polar surface area (TPSA) is 84.7 Å². The number of hydrogen-bond acceptors (Lipinski definition) is 3. The number of rotatable bonds is 5. The molecule has 3 amide bonds. The number of ether oxygens (including phenoxy) is 1. The van der Waals surface area contributed by atoms with Gasteiger partial charge in [-0.1, -0.05) is 12.1 Å². The Bertz CT molecular complexity index is 539. The lowest BCUT2D eigenvalue weighted by molar-refractivity contribution is -0.138. The van der Waals surface area contributed by atoms with E-state index in [2.05, 4.69) is 5.32 Å². The normalized spacial score (nSPS) is 18.0. The number of benzene rings is 1. The predicted octanol–water partition coefficient (Wildman–Crippen LogP) is 0.654. The van der Waals surface area contributed by atoms with Gasteiger partial charge in [-0.15, -0.1) is 0 Å². The molecule has 120 valence electrons. The number of amides is 3. The van der Waals surface area contributed by atoms with Crippen molar-refractivity contribution in [3.8, 4) is 0 Å². The summed E-state index contributed by atoms with van der Waals surface area (Å²) in [6.45, 7) is 1.66. The smallest absolute Gasteiger partial charge is 0.312 e. The Morgan fingerprint density at radius 2 is 2.27 bits per heavy atom. The van der Waals surface area contributed by atoms with Crippen LogP contribution >= 0.6 is 0 Å². The van der Waals surface area contributed by atoms with E-state index in [-0.39, 0.29) is 30.8 Å². The minimum atomic E-state index is -0.640. The van der Waals surface area contributed by atoms with Crippen molar-refractivity contribution in [2.24, 2.45) is 5.73 Å². The van der Waals surface area contributed by atoms with E-state index in [0.717, 1.165) is 5.56 Å². The monoisotopic (exact) mass is 309 g/mol. The van der Waals surface area contributed by atoms with Gasteiger partial charge in [-0.2, -0.15) is 0 Å². The van der Waals surface area contributed by atoms with Crippen LogP contribution < -0.4 is 11.1 Å². The van der Waals surface area contributed by atoms with Crippen molar-refractivity contribution in [1.82, 2.24) is 10.2 Å². The van der Waals surface area contributed by atoms with Crippen molar-refractivity contribution in [2.75, 3.05) is 26.2 Å². The van der Waals surface area contributed by atoms with Gasteiger partial charge in [0.15, 0.2) is 0 Å². The van der Waals surface area contributed by atoms with E-state index >= 15 is 0 Å². The molecule has 0 saturated carbocycles. The summed E-state index contributed by atoms with van der Waals surface area (Å²) in [5.41, 5.74) is 5.79. The van der Waals surface area contributed by atoms with Crippen LogP contribution in [0.1, 0.15) is 12.0 Å². The molecule has 7 heteroatoms. The Hall–Kier alpha value is -2.15. The summed E-state index contributed by atoms with van der Waals surface area (Å²) in [5.74, 6) is -0.333. The molecule has 1 aromatic carbocycles. The predicted molar refractivity (Wildman–Crippen MR) is 78.6 cm³/mol. The van der Waals surface area contributed by atoms with Gasteiger partial charge >= 0.3 is 6.03 Å².